The molecule has 0 saturated carbocycles. The van der Waals surface area contributed by atoms with Crippen LogP contribution in [0.1, 0.15) is 18.5 Å². The Kier molecular flexibility index (Phi) is 5.40. The fraction of sp³-hybridized carbons (Fsp3) is 0.455. The number of benzene rings is 1. The lowest BCUT2D eigenvalue weighted by atomic mass is 10.1. The zero-order chi connectivity index (χ0) is 11.3. The first-order chi connectivity index (χ1) is 7.15. The van der Waals surface area contributed by atoms with Gasteiger partial charge in [0, 0.05) is 29.7 Å². The second kappa shape index (κ2) is 6.33. The smallest absolute Gasteiger partial charge is 0.0587 e. The van der Waals surface area contributed by atoms with Gasteiger partial charge in [-0.15, -0.1) is 0 Å². The summed E-state index contributed by atoms with van der Waals surface area (Å²) in [6.07, 6.45) is 0. The van der Waals surface area contributed by atoms with Gasteiger partial charge in [-0.3, -0.25) is 0 Å². The van der Waals surface area contributed by atoms with Gasteiger partial charge in [0.25, 0.3) is 0 Å². The van der Waals surface area contributed by atoms with E-state index in [2.05, 4.69) is 5.32 Å². The summed E-state index contributed by atoms with van der Waals surface area (Å²) < 4.78 is 4.96. The first-order valence-corrected chi connectivity index (χ1v) is 5.58. The van der Waals surface area contributed by atoms with Gasteiger partial charge in [-0.2, -0.15) is 0 Å². The summed E-state index contributed by atoms with van der Waals surface area (Å²) in [5.41, 5.74) is 1.01. The topological polar surface area (TPSA) is 21.3 Å². The highest BCUT2D eigenvalue weighted by Crippen LogP contribution is 2.25. The molecule has 0 radical (unpaired) electrons. The van der Waals surface area contributed by atoms with Crippen LogP contribution >= 0.6 is 23.2 Å². The molecule has 0 amide bonds. The fourth-order valence-corrected chi connectivity index (χ4v) is 1.80. The van der Waals surface area contributed by atoms with Crippen molar-refractivity contribution in [3.05, 3.63) is 33.8 Å². The van der Waals surface area contributed by atoms with Gasteiger partial charge >= 0.3 is 0 Å². The third kappa shape index (κ3) is 3.99. The van der Waals surface area contributed by atoms with Crippen LogP contribution in [-0.4, -0.2) is 20.3 Å². The summed E-state index contributed by atoms with van der Waals surface area (Å²) in [7, 11) is 1.68. The summed E-state index contributed by atoms with van der Waals surface area (Å²) in [6.45, 7) is 3.52. The van der Waals surface area contributed by atoms with Gasteiger partial charge < -0.3 is 10.1 Å². The van der Waals surface area contributed by atoms with E-state index >= 15 is 0 Å². The molecule has 0 aromatic heterocycles. The lowest BCUT2D eigenvalue weighted by Crippen LogP contribution is -2.23. The molecule has 0 bridgehead atoms. The molecule has 1 aromatic rings. The molecule has 84 valence electrons. The number of halogens is 2. The molecule has 1 aromatic carbocycles. The molecule has 0 spiro atoms. The van der Waals surface area contributed by atoms with Gasteiger partial charge in [0.2, 0.25) is 0 Å². The second-order valence-electron chi connectivity index (χ2n) is 3.33. The maximum absolute atomic E-state index is 6.07. The minimum Gasteiger partial charge on any atom is -0.383 e. The maximum Gasteiger partial charge on any atom is 0.0587 e. The van der Waals surface area contributed by atoms with E-state index in [1.54, 1.807) is 13.2 Å². The van der Waals surface area contributed by atoms with E-state index in [0.29, 0.717) is 11.6 Å². The van der Waals surface area contributed by atoms with E-state index in [1.165, 1.54) is 0 Å². The summed E-state index contributed by atoms with van der Waals surface area (Å²) in [6, 6.07) is 5.66. The summed E-state index contributed by atoms with van der Waals surface area (Å²) in [4.78, 5) is 0. The molecule has 0 aliphatic heterocycles. The number of hydrogen-bond donors (Lipinski definition) is 1. The van der Waals surface area contributed by atoms with E-state index in [1.807, 2.05) is 19.1 Å². The van der Waals surface area contributed by atoms with E-state index in [0.717, 1.165) is 17.1 Å². The Labute approximate surface area is 101 Å². The minimum atomic E-state index is 0.173. The molecule has 1 atom stereocenters. The summed E-state index contributed by atoms with van der Waals surface area (Å²) in [5, 5.41) is 4.74. The van der Waals surface area contributed by atoms with Crippen molar-refractivity contribution in [1.29, 1.82) is 0 Å². The van der Waals surface area contributed by atoms with Crippen molar-refractivity contribution in [2.75, 3.05) is 20.3 Å². The highest BCUT2D eigenvalue weighted by Gasteiger charge is 2.09. The molecule has 4 heteroatoms. The van der Waals surface area contributed by atoms with E-state index in [9.17, 15) is 0 Å². The molecule has 0 fully saturated rings. The largest absolute Gasteiger partial charge is 0.383 e. The highest BCUT2D eigenvalue weighted by molar-refractivity contribution is 6.33. The average molecular weight is 248 g/mol. The predicted molar refractivity (Wildman–Crippen MR) is 64.8 cm³/mol. The Morgan fingerprint density at radius 2 is 2.13 bits per heavy atom. The van der Waals surface area contributed by atoms with Gasteiger partial charge in [0.15, 0.2) is 0 Å². The van der Waals surface area contributed by atoms with Crippen LogP contribution in [0.25, 0.3) is 0 Å². The Hall–Kier alpha value is -0.280. The standard InChI is InChI=1S/C11H15Cl2NO/c1-8(14-5-6-15-2)10-7-9(12)3-4-11(10)13/h3-4,7-8,14H,5-6H2,1-2H3/t8-/m0/s1. The van der Waals surface area contributed by atoms with Crippen LogP contribution in [0.4, 0.5) is 0 Å². The first-order valence-electron chi connectivity index (χ1n) is 4.82. The van der Waals surface area contributed by atoms with Crippen molar-refractivity contribution < 1.29 is 4.74 Å². The van der Waals surface area contributed by atoms with Crippen molar-refractivity contribution in [3.8, 4) is 0 Å². The molecular weight excluding hydrogens is 233 g/mol. The van der Waals surface area contributed by atoms with E-state index in [-0.39, 0.29) is 6.04 Å². The third-order valence-electron chi connectivity index (χ3n) is 2.18. The SMILES string of the molecule is COCCN[C@@H](C)c1cc(Cl)ccc1Cl. The molecule has 0 heterocycles. The number of nitrogens with one attached hydrogen (secondary N) is 1. The first kappa shape index (κ1) is 12.8. The van der Waals surface area contributed by atoms with E-state index < -0.39 is 0 Å². The monoisotopic (exact) mass is 247 g/mol. The zero-order valence-corrected chi connectivity index (χ0v) is 10.4. The number of hydrogen-bond acceptors (Lipinski definition) is 2. The van der Waals surface area contributed by atoms with Crippen molar-refractivity contribution in [2.24, 2.45) is 0 Å². The minimum absolute atomic E-state index is 0.173. The maximum atomic E-state index is 6.07. The van der Waals surface area contributed by atoms with E-state index in [4.69, 9.17) is 27.9 Å². The zero-order valence-electron chi connectivity index (χ0n) is 8.89. The molecule has 0 unspecified atom stereocenters. The van der Waals surface area contributed by atoms with Crippen molar-refractivity contribution in [2.45, 2.75) is 13.0 Å². The van der Waals surface area contributed by atoms with Crippen LogP contribution in [0.5, 0.6) is 0 Å². The number of rotatable bonds is 5. The highest BCUT2D eigenvalue weighted by atomic mass is 35.5. The third-order valence-corrected chi connectivity index (χ3v) is 2.76. The predicted octanol–water partition coefficient (Wildman–Crippen LogP) is 3.29. The van der Waals surface area contributed by atoms with Crippen LogP contribution < -0.4 is 5.32 Å². The Morgan fingerprint density at radius 3 is 2.80 bits per heavy atom. The van der Waals surface area contributed by atoms with Crippen molar-refractivity contribution in [3.63, 3.8) is 0 Å². The van der Waals surface area contributed by atoms with Gasteiger partial charge in [0.1, 0.15) is 0 Å². The second-order valence-corrected chi connectivity index (χ2v) is 4.18. The number of methoxy groups -OCH3 is 1. The average Bonchev–Trinajstić information content (AvgIpc) is 2.22. The molecular formula is C11H15Cl2NO. The Balaban J connectivity index is 2.64. The van der Waals surface area contributed by atoms with Crippen LogP contribution in [0.3, 0.4) is 0 Å². The van der Waals surface area contributed by atoms with Crippen molar-refractivity contribution in [1.82, 2.24) is 5.32 Å². The van der Waals surface area contributed by atoms with Gasteiger partial charge in [-0.05, 0) is 30.7 Å². The van der Waals surface area contributed by atoms with Crippen molar-refractivity contribution >= 4 is 23.2 Å². The molecule has 0 saturated heterocycles. The van der Waals surface area contributed by atoms with Crippen LogP contribution in [0.15, 0.2) is 18.2 Å². The molecule has 1 N–H and O–H groups in total. The molecule has 0 aliphatic carbocycles. The van der Waals surface area contributed by atoms with Crippen LogP contribution in [-0.2, 0) is 4.74 Å². The normalized spacial score (nSPS) is 12.8. The fourth-order valence-electron chi connectivity index (χ4n) is 1.33. The van der Waals surface area contributed by atoms with Gasteiger partial charge in [-0.1, -0.05) is 23.2 Å². The number of ether oxygens (including phenoxy) is 1. The lowest BCUT2D eigenvalue weighted by Gasteiger charge is -2.15. The Bertz CT molecular complexity index is 317. The molecule has 1 rings (SSSR count). The van der Waals surface area contributed by atoms with Crippen LogP contribution in [0.2, 0.25) is 10.0 Å². The summed E-state index contributed by atoms with van der Waals surface area (Å²) >= 11 is 12.0. The summed E-state index contributed by atoms with van der Waals surface area (Å²) in [5.74, 6) is 0. The molecule has 0 aliphatic rings. The van der Waals surface area contributed by atoms with Crippen LogP contribution in [0, 0.1) is 0 Å². The quantitative estimate of drug-likeness (QED) is 0.807. The Morgan fingerprint density at radius 1 is 1.40 bits per heavy atom. The molecule has 15 heavy (non-hydrogen) atoms. The van der Waals surface area contributed by atoms with Gasteiger partial charge in [-0.25, -0.2) is 0 Å². The lowest BCUT2D eigenvalue weighted by molar-refractivity contribution is 0.196. The molecule has 2 nitrogen and oxygen atoms in total. The van der Waals surface area contributed by atoms with Gasteiger partial charge in [0.05, 0.1) is 6.61 Å².